The Kier molecular flexibility index (Phi) is 5.60. The van der Waals surface area contributed by atoms with E-state index in [1.54, 1.807) is 26.0 Å². The number of imide groups is 1. The second kappa shape index (κ2) is 8.42. The molecule has 3 aliphatic heterocycles. The van der Waals surface area contributed by atoms with Gasteiger partial charge in [-0.2, -0.15) is 0 Å². The Bertz CT molecular complexity index is 1340. The molecular formula is C25H23ClN4O6. The molecule has 5 rings (SSSR count). The second-order valence-electron chi connectivity index (χ2n) is 9.06. The maximum absolute atomic E-state index is 13.9. The number of nitrogens with two attached hydrogens (primary N) is 1. The minimum absolute atomic E-state index is 0.206. The first-order valence-corrected chi connectivity index (χ1v) is 11.8. The summed E-state index contributed by atoms with van der Waals surface area (Å²) in [6, 6.07) is 8.29. The van der Waals surface area contributed by atoms with Crippen molar-refractivity contribution in [2.24, 2.45) is 17.6 Å². The first-order valence-electron chi connectivity index (χ1n) is 11.4. The average Bonchev–Trinajstić information content (AvgIpc) is 3.41. The van der Waals surface area contributed by atoms with Crippen molar-refractivity contribution in [3.05, 3.63) is 58.1 Å². The van der Waals surface area contributed by atoms with Gasteiger partial charge in [0.2, 0.25) is 23.6 Å². The lowest BCUT2D eigenvalue weighted by atomic mass is 9.76. The van der Waals surface area contributed by atoms with Crippen molar-refractivity contribution in [1.82, 2.24) is 5.32 Å². The predicted molar refractivity (Wildman–Crippen MR) is 129 cm³/mol. The van der Waals surface area contributed by atoms with Gasteiger partial charge in [-0.05, 0) is 49.7 Å². The first kappa shape index (κ1) is 24.0. The number of carbonyl (C=O) groups excluding carboxylic acids is 5. The fourth-order valence-electron chi connectivity index (χ4n) is 5.60. The molecule has 3 heterocycles. The number of anilines is 2. The lowest BCUT2D eigenvalue weighted by Crippen LogP contribution is -2.53. The normalized spacial score (nSPS) is 26.2. The molecule has 4 atom stereocenters. The van der Waals surface area contributed by atoms with E-state index >= 15 is 0 Å². The molecule has 186 valence electrons. The highest BCUT2D eigenvalue weighted by Gasteiger charge is 2.70. The van der Waals surface area contributed by atoms with E-state index in [1.807, 2.05) is 0 Å². The van der Waals surface area contributed by atoms with Gasteiger partial charge in [0.25, 0.3) is 0 Å². The molecule has 4 N–H and O–H groups in total. The molecule has 11 heteroatoms. The van der Waals surface area contributed by atoms with Crippen LogP contribution in [0.2, 0.25) is 5.02 Å². The zero-order valence-corrected chi connectivity index (χ0v) is 20.2. The van der Waals surface area contributed by atoms with Crippen LogP contribution in [0.4, 0.5) is 11.4 Å². The summed E-state index contributed by atoms with van der Waals surface area (Å²) in [4.78, 5) is 65.9. The summed E-state index contributed by atoms with van der Waals surface area (Å²) in [5, 5.41) is 6.39. The topological polar surface area (TPSA) is 148 Å². The largest absolute Gasteiger partial charge is 0.462 e. The SMILES string of the molecule is CCOC(=O)c1ccc(N2C(=O)[C@@H]3C(CC(N)=O)NC4(C(=O)Nc5c4ccc(Cl)c5C)[C@@H]3C2=O)cc1. The lowest BCUT2D eigenvalue weighted by molar-refractivity contribution is -0.130. The minimum atomic E-state index is -1.58. The fourth-order valence-corrected chi connectivity index (χ4v) is 5.75. The molecule has 0 aliphatic carbocycles. The minimum Gasteiger partial charge on any atom is -0.462 e. The summed E-state index contributed by atoms with van der Waals surface area (Å²) < 4.78 is 4.98. The molecule has 0 bridgehead atoms. The number of nitrogens with zero attached hydrogens (tertiary/aromatic N) is 1. The Labute approximate surface area is 211 Å². The summed E-state index contributed by atoms with van der Waals surface area (Å²) in [5.41, 5.74) is 5.96. The van der Waals surface area contributed by atoms with Crippen LogP contribution in [-0.4, -0.2) is 42.2 Å². The molecule has 1 spiro atoms. The third kappa shape index (κ3) is 3.25. The maximum Gasteiger partial charge on any atom is 0.338 e. The molecule has 2 aromatic rings. The molecule has 36 heavy (non-hydrogen) atoms. The molecule has 3 aliphatic rings. The predicted octanol–water partition coefficient (Wildman–Crippen LogP) is 1.63. The number of hydrogen-bond acceptors (Lipinski definition) is 7. The number of fused-ring (bicyclic) bond motifs is 4. The van der Waals surface area contributed by atoms with Gasteiger partial charge in [-0.25, -0.2) is 9.69 Å². The number of halogens is 1. The van der Waals surface area contributed by atoms with Crippen molar-refractivity contribution in [2.75, 3.05) is 16.8 Å². The average molecular weight is 511 g/mol. The van der Waals surface area contributed by atoms with Gasteiger partial charge >= 0.3 is 5.97 Å². The van der Waals surface area contributed by atoms with Gasteiger partial charge < -0.3 is 15.8 Å². The Balaban J connectivity index is 1.60. The maximum atomic E-state index is 13.9. The van der Waals surface area contributed by atoms with Crippen LogP contribution in [0.3, 0.4) is 0 Å². The molecular weight excluding hydrogens is 488 g/mol. The zero-order valence-electron chi connectivity index (χ0n) is 19.5. The van der Waals surface area contributed by atoms with Crippen molar-refractivity contribution in [3.8, 4) is 0 Å². The van der Waals surface area contributed by atoms with Crippen molar-refractivity contribution < 1.29 is 28.7 Å². The van der Waals surface area contributed by atoms with E-state index in [0.29, 0.717) is 21.8 Å². The number of rotatable bonds is 5. The summed E-state index contributed by atoms with van der Waals surface area (Å²) in [6.07, 6.45) is -0.243. The van der Waals surface area contributed by atoms with Gasteiger partial charge in [0.15, 0.2) is 0 Å². The molecule has 0 saturated carbocycles. The third-order valence-electron chi connectivity index (χ3n) is 7.14. The van der Waals surface area contributed by atoms with Gasteiger partial charge in [0, 0.05) is 23.0 Å². The number of esters is 1. The highest BCUT2D eigenvalue weighted by molar-refractivity contribution is 6.32. The zero-order chi connectivity index (χ0) is 25.9. The van der Waals surface area contributed by atoms with Gasteiger partial charge in [-0.1, -0.05) is 17.7 Å². The molecule has 2 unspecified atom stereocenters. The van der Waals surface area contributed by atoms with E-state index < -0.39 is 53.0 Å². The van der Waals surface area contributed by atoms with E-state index in [9.17, 15) is 24.0 Å². The molecule has 0 radical (unpaired) electrons. The number of primary amides is 1. The quantitative estimate of drug-likeness (QED) is 0.409. The Morgan fingerprint density at radius 2 is 1.81 bits per heavy atom. The van der Waals surface area contributed by atoms with Crippen molar-refractivity contribution >= 4 is 52.6 Å². The molecule has 10 nitrogen and oxygen atoms in total. The Hall–Kier alpha value is -3.76. The molecule has 0 aromatic heterocycles. The summed E-state index contributed by atoms with van der Waals surface area (Å²) in [6.45, 7) is 3.64. The van der Waals surface area contributed by atoms with E-state index in [1.165, 1.54) is 24.3 Å². The fraction of sp³-hybridized carbons (Fsp3) is 0.320. The number of carbonyl (C=O) groups is 5. The van der Waals surface area contributed by atoms with Gasteiger partial charge in [0.1, 0.15) is 5.54 Å². The van der Waals surface area contributed by atoms with E-state index in [0.717, 1.165) is 4.90 Å². The van der Waals surface area contributed by atoms with Crippen molar-refractivity contribution in [2.45, 2.75) is 31.8 Å². The standard InChI is InChI=1S/C25H23ClN4O6/c1-3-36-23(34)12-4-6-13(7-5-12)30-21(32)18-16(10-17(27)31)29-25(19(18)22(30)33)14-8-9-15(26)11(2)20(14)28-24(25)35/h4-9,16,18-19,29H,3,10H2,1-2H3,(H2,27,31)(H,28,35)/t16?,18-,19+,25?/m1/s1. The number of benzene rings is 2. The molecule has 2 fully saturated rings. The van der Waals surface area contributed by atoms with Crippen LogP contribution < -0.4 is 21.3 Å². The van der Waals surface area contributed by atoms with Crippen molar-refractivity contribution in [1.29, 1.82) is 0 Å². The van der Waals surface area contributed by atoms with Crippen LogP contribution in [0, 0.1) is 18.8 Å². The number of hydrogen-bond donors (Lipinski definition) is 3. The van der Waals surface area contributed by atoms with E-state index in [2.05, 4.69) is 10.6 Å². The smallest absolute Gasteiger partial charge is 0.338 e. The van der Waals surface area contributed by atoms with Gasteiger partial charge in [-0.15, -0.1) is 0 Å². The first-order chi connectivity index (χ1) is 17.1. The Morgan fingerprint density at radius 1 is 1.11 bits per heavy atom. The van der Waals surface area contributed by atoms with Crippen LogP contribution in [-0.2, 0) is 29.5 Å². The van der Waals surface area contributed by atoms with Gasteiger partial charge in [0.05, 0.1) is 35.4 Å². The van der Waals surface area contributed by atoms with Crippen LogP contribution in [0.5, 0.6) is 0 Å². The van der Waals surface area contributed by atoms with E-state index in [-0.39, 0.29) is 24.3 Å². The van der Waals surface area contributed by atoms with Crippen molar-refractivity contribution in [3.63, 3.8) is 0 Å². The lowest BCUT2D eigenvalue weighted by Gasteiger charge is -2.29. The molecule has 2 saturated heterocycles. The van der Waals surface area contributed by atoms with Crippen LogP contribution in [0.25, 0.3) is 0 Å². The highest BCUT2D eigenvalue weighted by atomic mass is 35.5. The number of nitrogens with one attached hydrogen (secondary N) is 2. The summed E-state index contributed by atoms with van der Waals surface area (Å²) in [7, 11) is 0. The van der Waals surface area contributed by atoms with Crippen LogP contribution >= 0.6 is 11.6 Å². The third-order valence-corrected chi connectivity index (χ3v) is 7.55. The summed E-state index contributed by atoms with van der Waals surface area (Å²) >= 11 is 6.26. The molecule has 4 amide bonds. The second-order valence-corrected chi connectivity index (χ2v) is 9.47. The highest BCUT2D eigenvalue weighted by Crippen LogP contribution is 2.55. The molecule has 2 aromatic carbocycles. The van der Waals surface area contributed by atoms with Gasteiger partial charge in [-0.3, -0.25) is 24.5 Å². The summed E-state index contributed by atoms with van der Waals surface area (Å²) in [5.74, 6) is -5.00. The monoisotopic (exact) mass is 510 g/mol. The number of amides is 4. The van der Waals surface area contributed by atoms with E-state index in [4.69, 9.17) is 22.1 Å². The number of ether oxygens (including phenoxy) is 1. The van der Waals surface area contributed by atoms with Crippen LogP contribution in [0.15, 0.2) is 36.4 Å². The Morgan fingerprint density at radius 3 is 2.44 bits per heavy atom. The van der Waals surface area contributed by atoms with Crippen LogP contribution in [0.1, 0.15) is 34.8 Å².